The summed E-state index contributed by atoms with van der Waals surface area (Å²) in [6.07, 6.45) is 2.49. The maximum atomic E-state index is 12.4. The van der Waals surface area contributed by atoms with Crippen LogP contribution >= 0.6 is 0 Å². The zero-order valence-corrected chi connectivity index (χ0v) is 30.7. The van der Waals surface area contributed by atoms with Gasteiger partial charge in [-0.3, -0.25) is 4.79 Å². The van der Waals surface area contributed by atoms with Crippen molar-refractivity contribution in [2.24, 2.45) is 5.41 Å². The van der Waals surface area contributed by atoms with Crippen LogP contribution in [0.2, 0.25) is 10.1 Å². The second-order valence-electron chi connectivity index (χ2n) is 15.2. The van der Waals surface area contributed by atoms with Gasteiger partial charge in [0.1, 0.15) is 6.29 Å². The van der Waals surface area contributed by atoms with Crippen LogP contribution in [-0.4, -0.2) is 36.1 Å². The van der Waals surface area contributed by atoms with Gasteiger partial charge in [-0.1, -0.05) is 168 Å². The zero-order valence-electron chi connectivity index (χ0n) is 28.7. The SMILES string of the molecule is CC1=C(C=O)CC(CO[Si](c2ccccc2)(c2ccccc2)C(C)(C)C)(CO[Si](c2ccccc2)(c2ccccc2)C(C)(C)C)C1. The number of benzene rings is 4. The van der Waals surface area contributed by atoms with Crippen molar-refractivity contribution in [1.29, 1.82) is 0 Å². The van der Waals surface area contributed by atoms with Gasteiger partial charge in [-0.25, -0.2) is 0 Å². The largest absolute Gasteiger partial charge is 0.407 e. The number of carbonyl (C=O) groups is 1. The van der Waals surface area contributed by atoms with E-state index in [1.54, 1.807) is 0 Å². The number of hydrogen-bond acceptors (Lipinski definition) is 3. The summed E-state index contributed by atoms with van der Waals surface area (Å²) in [6.45, 7) is 17.0. The molecule has 5 heteroatoms. The fraction of sp³-hybridized carbons (Fsp3) is 0.341. The van der Waals surface area contributed by atoms with Crippen LogP contribution in [0.15, 0.2) is 132 Å². The lowest BCUT2D eigenvalue weighted by molar-refractivity contribution is -0.105. The van der Waals surface area contributed by atoms with E-state index in [1.807, 2.05) is 0 Å². The Kier molecular flexibility index (Phi) is 9.90. The highest BCUT2D eigenvalue weighted by Crippen LogP contribution is 2.46. The van der Waals surface area contributed by atoms with Crippen LogP contribution in [0.1, 0.15) is 61.3 Å². The number of allylic oxidation sites excluding steroid dienone is 2. The summed E-state index contributed by atoms with van der Waals surface area (Å²) in [5, 5.41) is 4.74. The molecule has 0 saturated carbocycles. The van der Waals surface area contributed by atoms with E-state index in [1.165, 1.54) is 20.7 Å². The van der Waals surface area contributed by atoms with Crippen molar-refractivity contribution in [3.8, 4) is 0 Å². The quantitative estimate of drug-likeness (QED) is 0.126. The highest BCUT2D eigenvalue weighted by Gasteiger charge is 2.54. The molecule has 0 aromatic heterocycles. The van der Waals surface area contributed by atoms with Crippen molar-refractivity contribution in [1.82, 2.24) is 0 Å². The first kappa shape index (κ1) is 34.0. The molecule has 4 aromatic carbocycles. The Morgan fingerprint density at radius 1 is 0.565 bits per heavy atom. The van der Waals surface area contributed by atoms with Crippen LogP contribution in [0.5, 0.6) is 0 Å². The van der Waals surface area contributed by atoms with E-state index in [0.29, 0.717) is 19.6 Å². The molecule has 0 N–H and O–H groups in total. The van der Waals surface area contributed by atoms with Crippen LogP contribution in [-0.2, 0) is 13.6 Å². The maximum absolute atomic E-state index is 12.4. The second kappa shape index (κ2) is 13.4. The van der Waals surface area contributed by atoms with E-state index in [0.717, 1.165) is 23.9 Å². The van der Waals surface area contributed by atoms with Gasteiger partial charge >= 0.3 is 0 Å². The average Bonchev–Trinajstić information content (AvgIpc) is 3.37. The Hall–Kier alpha value is -3.36. The van der Waals surface area contributed by atoms with Gasteiger partial charge in [-0.05, 0) is 56.2 Å². The van der Waals surface area contributed by atoms with Crippen LogP contribution in [0, 0.1) is 5.41 Å². The third-order valence-electron chi connectivity index (χ3n) is 9.92. The van der Waals surface area contributed by atoms with Gasteiger partial charge in [0.2, 0.25) is 0 Å². The standard InChI is InChI=1S/C41H50O3Si2/c1-33-28-41(29-34(33)30-42,31-43-45(39(2,3)4,35-20-12-8-13-21-35)36-22-14-9-15-23-36)32-44-46(40(5,6)7,37-24-16-10-17-25-37)38-26-18-11-19-27-38/h8-27,30H,28-29,31-32H2,1-7H3. The van der Waals surface area contributed by atoms with Crippen molar-refractivity contribution in [3.05, 3.63) is 132 Å². The zero-order chi connectivity index (χ0) is 33.1. The monoisotopic (exact) mass is 646 g/mol. The second-order valence-corrected chi connectivity index (χ2v) is 23.8. The molecule has 46 heavy (non-hydrogen) atoms. The van der Waals surface area contributed by atoms with Gasteiger partial charge in [0.15, 0.2) is 0 Å². The summed E-state index contributed by atoms with van der Waals surface area (Å²) >= 11 is 0. The van der Waals surface area contributed by atoms with Gasteiger partial charge in [0.05, 0.1) is 0 Å². The fourth-order valence-electron chi connectivity index (χ4n) is 7.73. The summed E-state index contributed by atoms with van der Waals surface area (Å²) in [5.74, 6) is 0. The van der Waals surface area contributed by atoms with Crippen LogP contribution in [0.25, 0.3) is 0 Å². The first-order valence-corrected chi connectivity index (χ1v) is 20.3. The Morgan fingerprint density at radius 3 is 1.11 bits per heavy atom. The molecule has 0 saturated heterocycles. The number of rotatable bonds is 11. The Labute approximate surface area is 279 Å². The molecule has 0 atom stereocenters. The van der Waals surface area contributed by atoms with Crippen molar-refractivity contribution in [3.63, 3.8) is 0 Å². The minimum absolute atomic E-state index is 0.148. The molecule has 1 aliphatic carbocycles. The van der Waals surface area contributed by atoms with Crippen LogP contribution < -0.4 is 20.7 Å². The van der Waals surface area contributed by atoms with E-state index in [9.17, 15) is 4.79 Å². The van der Waals surface area contributed by atoms with E-state index in [4.69, 9.17) is 8.85 Å². The predicted molar refractivity (Wildman–Crippen MR) is 198 cm³/mol. The van der Waals surface area contributed by atoms with Crippen molar-refractivity contribution in [2.75, 3.05) is 13.2 Å². The predicted octanol–water partition coefficient (Wildman–Crippen LogP) is 7.44. The Morgan fingerprint density at radius 2 is 0.870 bits per heavy atom. The summed E-state index contributed by atoms with van der Waals surface area (Å²) in [7, 11) is -5.62. The summed E-state index contributed by atoms with van der Waals surface area (Å²) in [6, 6.07) is 43.3. The van der Waals surface area contributed by atoms with E-state index in [-0.39, 0.29) is 15.5 Å². The maximum Gasteiger partial charge on any atom is 0.261 e. The minimum atomic E-state index is -2.81. The molecule has 3 nitrogen and oxygen atoms in total. The number of hydrogen-bond donors (Lipinski definition) is 0. The molecule has 0 radical (unpaired) electrons. The van der Waals surface area contributed by atoms with E-state index in [2.05, 4.69) is 170 Å². The first-order valence-electron chi connectivity index (χ1n) is 16.5. The number of aldehydes is 1. The highest BCUT2D eigenvalue weighted by atomic mass is 28.4. The highest BCUT2D eigenvalue weighted by molar-refractivity contribution is 7.00. The van der Waals surface area contributed by atoms with Gasteiger partial charge in [-0.2, -0.15) is 0 Å². The lowest BCUT2D eigenvalue weighted by Gasteiger charge is -2.47. The first-order chi connectivity index (χ1) is 21.9. The van der Waals surface area contributed by atoms with Gasteiger partial charge in [-0.15, -0.1) is 0 Å². The molecule has 0 bridgehead atoms. The molecule has 0 aliphatic heterocycles. The van der Waals surface area contributed by atoms with Crippen molar-refractivity contribution >= 4 is 43.7 Å². The molecule has 4 aromatic rings. The molecule has 5 rings (SSSR count). The third-order valence-corrected chi connectivity index (χ3v) is 19.9. The lowest BCUT2D eigenvalue weighted by Crippen LogP contribution is -2.68. The smallest absolute Gasteiger partial charge is 0.261 e. The molecule has 0 spiro atoms. The summed E-state index contributed by atoms with van der Waals surface area (Å²) in [5.41, 5.74) is 1.66. The molecule has 0 fully saturated rings. The molecular weight excluding hydrogens is 597 g/mol. The summed E-state index contributed by atoms with van der Waals surface area (Å²) < 4.78 is 15.2. The van der Waals surface area contributed by atoms with Crippen molar-refractivity contribution < 1.29 is 13.6 Å². The normalized spacial score (nSPS) is 15.6. The Bertz CT molecular complexity index is 1440. The molecule has 0 unspecified atom stereocenters. The van der Waals surface area contributed by atoms with Gasteiger partial charge in [0.25, 0.3) is 16.6 Å². The molecular formula is C41H50O3Si2. The minimum Gasteiger partial charge on any atom is -0.407 e. The molecule has 0 amide bonds. The van der Waals surface area contributed by atoms with Gasteiger partial charge < -0.3 is 8.85 Å². The molecule has 0 heterocycles. The average molecular weight is 647 g/mol. The van der Waals surface area contributed by atoms with E-state index >= 15 is 0 Å². The van der Waals surface area contributed by atoms with Crippen LogP contribution in [0.3, 0.4) is 0 Å². The molecule has 1 aliphatic rings. The lowest BCUT2D eigenvalue weighted by atomic mass is 9.86. The third kappa shape index (κ3) is 6.31. The molecule has 240 valence electrons. The van der Waals surface area contributed by atoms with Crippen LogP contribution in [0.4, 0.5) is 0 Å². The topological polar surface area (TPSA) is 35.5 Å². The fourth-order valence-corrected chi connectivity index (χ4v) is 17.1. The summed E-state index contributed by atoms with van der Waals surface area (Å²) in [4.78, 5) is 12.4. The number of carbonyl (C=O) groups excluding carboxylic acids is 1. The van der Waals surface area contributed by atoms with Crippen molar-refractivity contribution in [2.45, 2.75) is 71.4 Å². The Balaban J connectivity index is 1.62. The van der Waals surface area contributed by atoms with E-state index < -0.39 is 16.6 Å². The van der Waals surface area contributed by atoms with Gasteiger partial charge in [0, 0.05) is 18.6 Å².